The summed E-state index contributed by atoms with van der Waals surface area (Å²) in [5.74, 6) is -0.921. The molecule has 0 saturated heterocycles. The maximum absolute atomic E-state index is 13.2. The lowest BCUT2D eigenvalue weighted by atomic mass is 10.2. The number of carboxylic acid groups (broad SMARTS) is 1. The molecule has 26 heavy (non-hydrogen) atoms. The first-order chi connectivity index (χ1) is 12.3. The van der Waals surface area contributed by atoms with Crippen LogP contribution in [0.25, 0.3) is 11.0 Å². The van der Waals surface area contributed by atoms with Gasteiger partial charge in [-0.1, -0.05) is 29.3 Å². The molecule has 1 aromatic carbocycles. The summed E-state index contributed by atoms with van der Waals surface area (Å²) in [4.78, 5) is 15.1. The molecule has 0 amide bonds. The zero-order chi connectivity index (χ0) is 18.9. The largest absolute Gasteiger partial charge is 0.481 e. The minimum Gasteiger partial charge on any atom is -0.481 e. The van der Waals surface area contributed by atoms with Crippen LogP contribution in [0.3, 0.4) is 0 Å². The SMILES string of the molecule is Cc1ccc(S(=O)(=O)n2c(CCCC(=O)O)cc3nc(Cl)ccc32)cc1. The lowest BCUT2D eigenvalue weighted by Crippen LogP contribution is -2.16. The van der Waals surface area contributed by atoms with Crippen LogP contribution in [0.5, 0.6) is 0 Å². The molecule has 0 atom stereocenters. The lowest BCUT2D eigenvalue weighted by Gasteiger charge is -2.12. The lowest BCUT2D eigenvalue weighted by molar-refractivity contribution is -0.137. The molecule has 136 valence electrons. The molecular weight excluding hydrogens is 376 g/mol. The number of nitrogens with zero attached hydrogens (tertiary/aromatic N) is 2. The topological polar surface area (TPSA) is 89.3 Å². The van der Waals surface area contributed by atoms with E-state index in [-0.39, 0.29) is 16.5 Å². The van der Waals surface area contributed by atoms with E-state index in [9.17, 15) is 13.2 Å². The molecule has 2 heterocycles. The molecular formula is C18H17ClN2O4S. The number of halogens is 1. The van der Waals surface area contributed by atoms with E-state index in [1.165, 1.54) is 10.0 Å². The van der Waals surface area contributed by atoms with E-state index in [2.05, 4.69) is 4.98 Å². The Balaban J connectivity index is 2.15. The highest BCUT2D eigenvalue weighted by Crippen LogP contribution is 2.27. The summed E-state index contributed by atoms with van der Waals surface area (Å²) >= 11 is 5.93. The number of carbonyl (C=O) groups is 1. The van der Waals surface area contributed by atoms with Gasteiger partial charge in [0.1, 0.15) is 5.15 Å². The highest BCUT2D eigenvalue weighted by atomic mass is 35.5. The second kappa shape index (κ2) is 7.09. The second-order valence-electron chi connectivity index (χ2n) is 6.00. The molecule has 3 aromatic rings. The van der Waals surface area contributed by atoms with Gasteiger partial charge >= 0.3 is 5.97 Å². The molecule has 0 saturated carbocycles. The van der Waals surface area contributed by atoms with E-state index >= 15 is 0 Å². The molecule has 0 fully saturated rings. The Labute approximate surface area is 156 Å². The average molecular weight is 393 g/mol. The van der Waals surface area contributed by atoms with E-state index in [4.69, 9.17) is 16.7 Å². The fourth-order valence-electron chi connectivity index (χ4n) is 2.79. The van der Waals surface area contributed by atoms with Crippen LogP contribution in [-0.2, 0) is 21.2 Å². The van der Waals surface area contributed by atoms with E-state index in [0.29, 0.717) is 29.6 Å². The van der Waals surface area contributed by atoms with Gasteiger partial charge in [-0.25, -0.2) is 17.4 Å². The van der Waals surface area contributed by atoms with Crippen molar-refractivity contribution in [2.75, 3.05) is 0 Å². The molecule has 0 aliphatic heterocycles. The summed E-state index contributed by atoms with van der Waals surface area (Å²) in [5.41, 5.74) is 2.31. The van der Waals surface area contributed by atoms with Crippen molar-refractivity contribution >= 4 is 38.6 Å². The van der Waals surface area contributed by atoms with Crippen molar-refractivity contribution in [2.45, 2.75) is 31.1 Å². The number of aryl methyl sites for hydroxylation is 2. The highest BCUT2D eigenvalue weighted by molar-refractivity contribution is 7.90. The van der Waals surface area contributed by atoms with E-state index < -0.39 is 16.0 Å². The molecule has 0 unspecified atom stereocenters. The van der Waals surface area contributed by atoms with Gasteiger partial charge in [-0.15, -0.1) is 0 Å². The van der Waals surface area contributed by atoms with Crippen LogP contribution < -0.4 is 0 Å². The first-order valence-corrected chi connectivity index (χ1v) is 9.82. The van der Waals surface area contributed by atoms with E-state index in [0.717, 1.165) is 5.56 Å². The summed E-state index contributed by atoms with van der Waals surface area (Å²) < 4.78 is 27.7. The number of carboxylic acids is 1. The van der Waals surface area contributed by atoms with Crippen LogP contribution in [0.2, 0.25) is 5.15 Å². The van der Waals surface area contributed by atoms with Gasteiger partial charge in [0.05, 0.1) is 15.9 Å². The van der Waals surface area contributed by atoms with Crippen molar-refractivity contribution in [1.29, 1.82) is 0 Å². The van der Waals surface area contributed by atoms with Gasteiger partial charge in [0.2, 0.25) is 0 Å². The van der Waals surface area contributed by atoms with E-state index in [1.54, 1.807) is 36.4 Å². The fourth-order valence-corrected chi connectivity index (χ4v) is 4.50. The Bertz CT molecular complexity index is 1070. The van der Waals surface area contributed by atoms with E-state index in [1.807, 2.05) is 6.92 Å². The monoisotopic (exact) mass is 392 g/mol. The molecule has 1 N–H and O–H groups in total. The molecule has 3 rings (SSSR count). The van der Waals surface area contributed by atoms with Gasteiger partial charge in [0.15, 0.2) is 0 Å². The molecule has 0 aliphatic rings. The Hall–Kier alpha value is -2.38. The maximum atomic E-state index is 13.2. The van der Waals surface area contributed by atoms with Crippen molar-refractivity contribution in [1.82, 2.24) is 8.96 Å². The quantitative estimate of drug-likeness (QED) is 0.647. The number of pyridine rings is 1. The van der Waals surface area contributed by atoms with Crippen LogP contribution in [-0.4, -0.2) is 28.5 Å². The Kier molecular flexibility index (Phi) is 5.02. The summed E-state index contributed by atoms with van der Waals surface area (Å²) in [6.07, 6.45) is 0.578. The second-order valence-corrected chi connectivity index (χ2v) is 8.18. The molecule has 2 aromatic heterocycles. The third-order valence-electron chi connectivity index (χ3n) is 4.03. The molecule has 0 radical (unpaired) electrons. The number of benzene rings is 1. The Morgan fingerprint density at radius 1 is 1.19 bits per heavy atom. The number of aliphatic carboxylic acids is 1. The predicted octanol–water partition coefficient (Wildman–Crippen LogP) is 3.64. The molecule has 6 nitrogen and oxygen atoms in total. The summed E-state index contributed by atoms with van der Waals surface area (Å²) in [6, 6.07) is 11.4. The number of rotatable bonds is 6. The highest BCUT2D eigenvalue weighted by Gasteiger charge is 2.23. The zero-order valence-corrected chi connectivity index (χ0v) is 15.6. The minimum atomic E-state index is -3.85. The average Bonchev–Trinajstić information content (AvgIpc) is 2.92. The Morgan fingerprint density at radius 3 is 2.54 bits per heavy atom. The summed E-state index contributed by atoms with van der Waals surface area (Å²) in [5, 5.41) is 9.11. The van der Waals surface area contributed by atoms with Crippen LogP contribution in [0, 0.1) is 6.92 Å². The van der Waals surface area contributed by atoms with Gasteiger partial charge in [-0.3, -0.25) is 4.79 Å². The maximum Gasteiger partial charge on any atom is 0.303 e. The molecule has 0 spiro atoms. The predicted molar refractivity (Wildman–Crippen MR) is 99.1 cm³/mol. The number of hydrogen-bond acceptors (Lipinski definition) is 4. The zero-order valence-electron chi connectivity index (χ0n) is 14.0. The van der Waals surface area contributed by atoms with Gasteiger partial charge in [0, 0.05) is 12.1 Å². The van der Waals surface area contributed by atoms with Crippen LogP contribution >= 0.6 is 11.6 Å². The van der Waals surface area contributed by atoms with Gasteiger partial charge in [-0.2, -0.15) is 0 Å². The first-order valence-electron chi connectivity index (χ1n) is 8.00. The number of aromatic nitrogens is 2. The molecule has 0 bridgehead atoms. The van der Waals surface area contributed by atoms with Crippen molar-refractivity contribution in [3.8, 4) is 0 Å². The van der Waals surface area contributed by atoms with Gasteiger partial charge in [0.25, 0.3) is 10.0 Å². The molecule has 8 heteroatoms. The number of fused-ring (bicyclic) bond motifs is 1. The first kappa shape index (κ1) is 18.4. The third-order valence-corrected chi connectivity index (χ3v) is 6.02. The standard InChI is InChI=1S/C18H17ClN2O4S/c1-12-5-7-14(8-6-12)26(24,25)21-13(3-2-4-18(22)23)11-15-16(21)9-10-17(19)20-15/h5-11H,2-4H2,1H3,(H,22,23). The van der Waals surface area contributed by atoms with Gasteiger partial charge < -0.3 is 5.11 Å². The number of hydrogen-bond donors (Lipinski definition) is 1. The van der Waals surface area contributed by atoms with Crippen LogP contribution in [0.1, 0.15) is 24.1 Å². The smallest absolute Gasteiger partial charge is 0.303 e. The third kappa shape index (κ3) is 3.59. The molecule has 0 aliphatic carbocycles. The van der Waals surface area contributed by atoms with Crippen molar-refractivity contribution in [2.24, 2.45) is 0 Å². The Morgan fingerprint density at radius 2 is 1.88 bits per heavy atom. The summed E-state index contributed by atoms with van der Waals surface area (Å²) in [7, 11) is -3.85. The summed E-state index contributed by atoms with van der Waals surface area (Å²) in [6.45, 7) is 1.88. The van der Waals surface area contributed by atoms with Crippen molar-refractivity contribution in [3.05, 3.63) is 58.9 Å². The fraction of sp³-hybridized carbons (Fsp3) is 0.222. The normalized spacial score (nSPS) is 11.8. The van der Waals surface area contributed by atoms with Crippen molar-refractivity contribution in [3.63, 3.8) is 0 Å². The van der Waals surface area contributed by atoms with Crippen LogP contribution in [0.4, 0.5) is 0 Å². The van der Waals surface area contributed by atoms with Gasteiger partial charge in [-0.05, 0) is 50.1 Å². The minimum absolute atomic E-state index is 0.0414. The van der Waals surface area contributed by atoms with Crippen molar-refractivity contribution < 1.29 is 18.3 Å². The van der Waals surface area contributed by atoms with Crippen LogP contribution in [0.15, 0.2) is 47.4 Å².